The smallest absolute Gasteiger partial charge is 0.174 e. The highest BCUT2D eigenvalue weighted by Crippen LogP contribution is 2.24. The maximum Gasteiger partial charge on any atom is 0.174 e. The summed E-state index contributed by atoms with van der Waals surface area (Å²) >= 11 is 0. The molecule has 0 spiro atoms. The summed E-state index contributed by atoms with van der Waals surface area (Å²) in [4.78, 5) is 0. The molecule has 0 radical (unpaired) electrons. The van der Waals surface area contributed by atoms with Crippen LogP contribution in [0.1, 0.15) is 62.8 Å². The van der Waals surface area contributed by atoms with E-state index in [9.17, 15) is 5.26 Å². The van der Waals surface area contributed by atoms with Crippen molar-refractivity contribution in [2.75, 3.05) is 0 Å². The Morgan fingerprint density at radius 1 is 1.12 bits per heavy atom. The van der Waals surface area contributed by atoms with Gasteiger partial charge in [0, 0.05) is 13.0 Å². The molecule has 0 unspecified atom stereocenters. The number of hydrogen-bond donors (Lipinski definition) is 0. The van der Waals surface area contributed by atoms with E-state index in [-0.39, 0.29) is 5.41 Å². The number of benzene rings is 1. The number of hydrogen-bond acceptors (Lipinski definition) is 3. The fourth-order valence-corrected chi connectivity index (χ4v) is 3.08. The van der Waals surface area contributed by atoms with E-state index in [1.165, 1.54) is 12.0 Å². The van der Waals surface area contributed by atoms with Crippen molar-refractivity contribution < 1.29 is 0 Å². The van der Waals surface area contributed by atoms with Crippen LogP contribution in [0.4, 0.5) is 0 Å². The lowest BCUT2D eigenvalue weighted by atomic mass is 9.86. The van der Waals surface area contributed by atoms with E-state index in [0.717, 1.165) is 37.2 Å². The van der Waals surface area contributed by atoms with E-state index in [1.54, 1.807) is 0 Å². The number of allylic oxidation sites excluding steroid dienone is 1. The Balaban J connectivity index is 1.93. The Hall–Kier alpha value is -2.41. The molecule has 24 heavy (non-hydrogen) atoms. The van der Waals surface area contributed by atoms with Gasteiger partial charge in [0.1, 0.15) is 11.9 Å². The molecule has 0 N–H and O–H groups in total. The van der Waals surface area contributed by atoms with Crippen molar-refractivity contribution in [1.29, 1.82) is 5.26 Å². The fourth-order valence-electron chi connectivity index (χ4n) is 3.08. The molecule has 0 atom stereocenters. The minimum atomic E-state index is 0.130. The molecule has 3 rings (SSSR count). The van der Waals surface area contributed by atoms with E-state index in [1.807, 2.05) is 6.08 Å². The third-order valence-electron chi connectivity index (χ3n) is 4.56. The molecular weight excluding hydrogens is 296 g/mol. The van der Waals surface area contributed by atoms with Gasteiger partial charge in [-0.15, -0.1) is 10.2 Å². The van der Waals surface area contributed by atoms with E-state index in [0.29, 0.717) is 11.4 Å². The monoisotopic (exact) mass is 320 g/mol. The van der Waals surface area contributed by atoms with Gasteiger partial charge in [0.2, 0.25) is 0 Å². The molecule has 1 aliphatic rings. The van der Waals surface area contributed by atoms with Crippen LogP contribution in [0.25, 0.3) is 11.6 Å². The van der Waals surface area contributed by atoms with Crippen molar-refractivity contribution >= 4 is 11.6 Å². The molecule has 124 valence electrons. The van der Waals surface area contributed by atoms with Gasteiger partial charge >= 0.3 is 0 Å². The molecule has 2 heterocycles. The normalized spacial score (nSPS) is 15.5. The summed E-state index contributed by atoms with van der Waals surface area (Å²) in [6.07, 6.45) is 6.35. The second-order valence-electron chi connectivity index (χ2n) is 7.44. The van der Waals surface area contributed by atoms with Gasteiger partial charge in [-0.05, 0) is 35.5 Å². The van der Waals surface area contributed by atoms with Crippen LogP contribution in [-0.4, -0.2) is 14.8 Å². The lowest BCUT2D eigenvalue weighted by Crippen LogP contribution is -2.10. The average molecular weight is 320 g/mol. The third-order valence-corrected chi connectivity index (χ3v) is 4.56. The number of rotatable bonds is 2. The van der Waals surface area contributed by atoms with Crippen molar-refractivity contribution in [3.63, 3.8) is 0 Å². The molecule has 0 bridgehead atoms. The first-order chi connectivity index (χ1) is 11.5. The minimum absolute atomic E-state index is 0.130. The highest BCUT2D eigenvalue weighted by Gasteiger charge is 2.18. The van der Waals surface area contributed by atoms with Crippen molar-refractivity contribution in [3.05, 3.63) is 47.0 Å². The van der Waals surface area contributed by atoms with E-state index < -0.39 is 0 Å². The Bertz CT molecular complexity index is 783. The van der Waals surface area contributed by atoms with Gasteiger partial charge in [0.25, 0.3) is 0 Å². The number of nitriles is 1. The van der Waals surface area contributed by atoms with Crippen LogP contribution in [-0.2, 0) is 18.4 Å². The van der Waals surface area contributed by atoms with Crippen LogP contribution in [0.2, 0.25) is 0 Å². The number of aromatic nitrogens is 3. The van der Waals surface area contributed by atoms with Gasteiger partial charge in [0.15, 0.2) is 5.82 Å². The molecule has 0 fully saturated rings. The average Bonchev–Trinajstić information content (AvgIpc) is 2.80. The first-order valence-electron chi connectivity index (χ1n) is 8.64. The van der Waals surface area contributed by atoms with Gasteiger partial charge in [0.05, 0.1) is 5.57 Å². The maximum atomic E-state index is 9.62. The van der Waals surface area contributed by atoms with Crippen LogP contribution in [0.5, 0.6) is 0 Å². The predicted molar refractivity (Wildman–Crippen MR) is 96.2 cm³/mol. The molecule has 1 aliphatic heterocycles. The SMILES string of the molecule is CC(C)(C)c1ccc(/C=C(/C#N)c2nnc3n2CCCCC3)cc1. The molecule has 1 aromatic carbocycles. The van der Waals surface area contributed by atoms with Gasteiger partial charge in [-0.3, -0.25) is 0 Å². The first-order valence-corrected chi connectivity index (χ1v) is 8.64. The van der Waals surface area contributed by atoms with Crippen LogP contribution in [0.15, 0.2) is 24.3 Å². The zero-order valence-corrected chi connectivity index (χ0v) is 14.7. The Morgan fingerprint density at radius 3 is 2.54 bits per heavy atom. The first kappa shape index (κ1) is 16.4. The van der Waals surface area contributed by atoms with E-state index in [2.05, 4.69) is 65.9 Å². The largest absolute Gasteiger partial charge is 0.310 e. The summed E-state index contributed by atoms with van der Waals surface area (Å²) < 4.78 is 2.12. The zero-order chi connectivity index (χ0) is 17.2. The van der Waals surface area contributed by atoms with Crippen molar-refractivity contribution in [2.45, 2.75) is 58.4 Å². The highest BCUT2D eigenvalue weighted by atomic mass is 15.3. The summed E-state index contributed by atoms with van der Waals surface area (Å²) in [5, 5.41) is 18.2. The lowest BCUT2D eigenvalue weighted by Gasteiger charge is -2.18. The fraction of sp³-hybridized carbons (Fsp3) is 0.450. The molecule has 1 aromatic heterocycles. The quantitative estimate of drug-likeness (QED) is 0.772. The summed E-state index contributed by atoms with van der Waals surface area (Å²) in [5.74, 6) is 1.71. The van der Waals surface area contributed by atoms with Gasteiger partial charge in [-0.2, -0.15) is 5.26 Å². The summed E-state index contributed by atoms with van der Waals surface area (Å²) in [6.45, 7) is 7.50. The molecule has 2 aromatic rings. The van der Waals surface area contributed by atoms with Crippen LogP contribution in [0.3, 0.4) is 0 Å². The number of fused-ring (bicyclic) bond motifs is 1. The maximum absolute atomic E-state index is 9.62. The Morgan fingerprint density at radius 2 is 1.88 bits per heavy atom. The van der Waals surface area contributed by atoms with Crippen molar-refractivity contribution in [3.8, 4) is 6.07 Å². The minimum Gasteiger partial charge on any atom is -0.310 e. The van der Waals surface area contributed by atoms with Crippen LogP contribution >= 0.6 is 0 Å². The van der Waals surface area contributed by atoms with Gasteiger partial charge < -0.3 is 4.57 Å². The molecule has 0 aliphatic carbocycles. The van der Waals surface area contributed by atoms with Crippen LogP contribution < -0.4 is 0 Å². The zero-order valence-electron chi connectivity index (χ0n) is 14.7. The molecular formula is C20H24N4. The van der Waals surface area contributed by atoms with Crippen LogP contribution in [0, 0.1) is 11.3 Å². The van der Waals surface area contributed by atoms with E-state index >= 15 is 0 Å². The second-order valence-corrected chi connectivity index (χ2v) is 7.44. The lowest BCUT2D eigenvalue weighted by molar-refractivity contribution is 0.590. The Kier molecular flexibility index (Phi) is 4.53. The van der Waals surface area contributed by atoms with Crippen molar-refractivity contribution in [1.82, 2.24) is 14.8 Å². The molecule has 0 saturated heterocycles. The summed E-state index contributed by atoms with van der Waals surface area (Å²) in [7, 11) is 0. The highest BCUT2D eigenvalue weighted by molar-refractivity contribution is 5.87. The Labute approximate surface area is 143 Å². The summed E-state index contributed by atoms with van der Waals surface area (Å²) in [6, 6.07) is 10.7. The molecule has 0 amide bonds. The third kappa shape index (κ3) is 3.41. The number of aryl methyl sites for hydroxylation is 1. The molecule has 4 heteroatoms. The summed E-state index contributed by atoms with van der Waals surface area (Å²) in [5.41, 5.74) is 3.02. The predicted octanol–water partition coefficient (Wildman–Crippen LogP) is 4.37. The molecule has 0 saturated carbocycles. The molecule has 4 nitrogen and oxygen atoms in total. The van der Waals surface area contributed by atoms with Gasteiger partial charge in [-0.1, -0.05) is 51.5 Å². The standard InChI is InChI=1S/C20H24N4/c1-20(2,3)17-10-8-15(9-11-17)13-16(14-21)19-23-22-18-7-5-4-6-12-24(18)19/h8-11,13H,4-7,12H2,1-3H3/b16-13-. The topological polar surface area (TPSA) is 54.5 Å². The van der Waals surface area contributed by atoms with E-state index in [4.69, 9.17) is 0 Å². The second kappa shape index (κ2) is 6.60. The number of nitrogens with zero attached hydrogens (tertiary/aromatic N) is 4. The van der Waals surface area contributed by atoms with Gasteiger partial charge in [-0.25, -0.2) is 0 Å². The van der Waals surface area contributed by atoms with Crippen molar-refractivity contribution in [2.24, 2.45) is 0 Å².